The second-order valence-electron chi connectivity index (χ2n) is 6.03. The number of nitriles is 1. The van der Waals surface area contributed by atoms with Gasteiger partial charge in [0, 0.05) is 25.4 Å². The Hall–Kier alpha value is -2.95. The molecule has 0 aliphatic carbocycles. The Morgan fingerprint density at radius 2 is 2.13 bits per heavy atom. The van der Waals surface area contributed by atoms with Crippen molar-refractivity contribution in [2.24, 2.45) is 12.2 Å². The van der Waals surface area contributed by atoms with E-state index in [0.717, 1.165) is 12.1 Å². The fourth-order valence-electron chi connectivity index (χ4n) is 2.44. The van der Waals surface area contributed by atoms with Gasteiger partial charge in [-0.2, -0.15) is 18.4 Å². The molecule has 0 fully saturated rings. The van der Waals surface area contributed by atoms with Crippen LogP contribution in [-0.4, -0.2) is 38.7 Å². The number of anilines is 1. The van der Waals surface area contributed by atoms with Gasteiger partial charge in [0.2, 0.25) is 0 Å². The monoisotopic (exact) mass is 448 g/mol. The zero-order valence-electron chi connectivity index (χ0n) is 15.4. The Bertz CT molecular complexity index is 1020. The summed E-state index contributed by atoms with van der Waals surface area (Å²) in [4.78, 5) is 12.5. The van der Waals surface area contributed by atoms with Gasteiger partial charge in [-0.3, -0.25) is 4.79 Å². The minimum Gasteiger partial charge on any atom is -0.490 e. The molecular weight excluding hydrogens is 432 g/mol. The number of aliphatic hydroxyl groups excluding tert-OH is 1. The van der Waals surface area contributed by atoms with Gasteiger partial charge in [-0.25, -0.2) is 13.7 Å². The van der Waals surface area contributed by atoms with Crippen molar-refractivity contribution in [3.05, 3.63) is 41.5 Å². The van der Waals surface area contributed by atoms with Crippen molar-refractivity contribution in [3.63, 3.8) is 0 Å². The molecule has 162 valence electrons. The lowest BCUT2D eigenvalue weighted by Gasteiger charge is -2.15. The molecule has 4 N–H and O–H groups in total. The van der Waals surface area contributed by atoms with Gasteiger partial charge in [0.1, 0.15) is 27.8 Å². The highest BCUT2D eigenvalue weighted by Crippen LogP contribution is 2.30. The molecule has 13 heteroatoms. The number of carbonyl (C=O) groups is 1. The molecule has 2 rings (SSSR count). The van der Waals surface area contributed by atoms with E-state index in [0.29, 0.717) is 0 Å². The Morgan fingerprint density at radius 1 is 1.47 bits per heavy atom. The number of hydrogen-bond acceptors (Lipinski definition) is 5. The quantitative estimate of drug-likeness (QED) is 0.558. The number of nitrogens with two attached hydrogens (primary N) is 1. The third-order valence-corrected chi connectivity index (χ3v) is 4.62. The average molecular weight is 448 g/mol. The van der Waals surface area contributed by atoms with Gasteiger partial charge in [-0.05, 0) is 18.2 Å². The molecule has 2 atom stereocenters. The first-order valence-electron chi connectivity index (χ1n) is 8.19. The maximum absolute atomic E-state index is 13.4. The molecule has 0 aliphatic rings. The molecule has 0 saturated carbocycles. The zero-order chi connectivity index (χ0) is 22.6. The number of aliphatic hydroxyl groups is 1. The number of nitrogens with zero attached hydrogens (tertiary/aromatic N) is 2. The minimum absolute atomic E-state index is 0.0630. The van der Waals surface area contributed by atoms with Gasteiger partial charge < -0.3 is 19.7 Å². The molecular formula is C17H16F4N4O4S. The first kappa shape index (κ1) is 23.3. The highest BCUT2D eigenvalue weighted by Gasteiger charge is 2.38. The Morgan fingerprint density at radius 3 is 2.70 bits per heavy atom. The minimum atomic E-state index is -4.85. The van der Waals surface area contributed by atoms with Crippen LogP contribution in [0.4, 0.5) is 23.2 Å². The lowest BCUT2D eigenvalue weighted by Crippen LogP contribution is -2.30. The van der Waals surface area contributed by atoms with Gasteiger partial charge in [0.05, 0.1) is 12.2 Å². The van der Waals surface area contributed by atoms with E-state index in [1.807, 2.05) is 0 Å². The van der Waals surface area contributed by atoms with Crippen LogP contribution in [0.25, 0.3) is 0 Å². The number of aromatic nitrogens is 1. The van der Waals surface area contributed by atoms with E-state index in [1.165, 1.54) is 23.9 Å². The Kier molecular flexibility index (Phi) is 7.19. The molecule has 0 spiro atoms. The normalized spacial score (nSPS) is 13.4. The number of carbonyl (C=O) groups excluding carboxylic acids is 1. The van der Waals surface area contributed by atoms with Gasteiger partial charge in [0.15, 0.2) is 17.5 Å². The summed E-state index contributed by atoms with van der Waals surface area (Å²) >= 11 is 0. The van der Waals surface area contributed by atoms with Crippen molar-refractivity contribution >= 4 is 22.6 Å². The largest absolute Gasteiger partial charge is 0.490 e. The summed E-state index contributed by atoms with van der Waals surface area (Å²) in [7, 11) is -0.753. The molecule has 2 aromatic rings. The van der Waals surface area contributed by atoms with E-state index in [1.54, 1.807) is 6.07 Å². The summed E-state index contributed by atoms with van der Waals surface area (Å²) in [5.41, 5.74) is -0.484. The second-order valence-corrected chi connectivity index (χ2v) is 7.07. The topological polar surface area (TPSA) is 130 Å². The number of ether oxygens (including phenoxy) is 1. The number of alkyl halides is 3. The number of hydrogen-bond donors (Lipinski definition) is 3. The van der Waals surface area contributed by atoms with E-state index >= 15 is 0 Å². The second kappa shape index (κ2) is 9.24. The van der Waals surface area contributed by atoms with Crippen molar-refractivity contribution in [2.45, 2.75) is 23.6 Å². The van der Waals surface area contributed by atoms with Crippen LogP contribution in [0, 0.1) is 17.1 Å². The van der Waals surface area contributed by atoms with E-state index in [9.17, 15) is 26.6 Å². The summed E-state index contributed by atoms with van der Waals surface area (Å²) < 4.78 is 68.9. The highest BCUT2D eigenvalue weighted by atomic mass is 32.2. The molecule has 1 aromatic heterocycles. The maximum Gasteiger partial charge on any atom is 0.414 e. The molecule has 1 heterocycles. The van der Waals surface area contributed by atoms with Crippen molar-refractivity contribution in [1.82, 2.24) is 4.57 Å². The van der Waals surface area contributed by atoms with Crippen LogP contribution in [0.1, 0.15) is 22.5 Å². The molecule has 2 unspecified atom stereocenters. The molecule has 0 saturated heterocycles. The number of benzene rings is 1. The molecule has 0 radical (unpaired) electrons. The molecule has 0 bridgehead atoms. The van der Waals surface area contributed by atoms with E-state index in [-0.39, 0.29) is 27.6 Å². The van der Waals surface area contributed by atoms with Gasteiger partial charge in [-0.15, -0.1) is 0 Å². The first-order valence-corrected chi connectivity index (χ1v) is 9.41. The van der Waals surface area contributed by atoms with E-state index in [2.05, 4.69) is 5.32 Å². The van der Waals surface area contributed by atoms with Gasteiger partial charge >= 0.3 is 6.18 Å². The summed E-state index contributed by atoms with van der Waals surface area (Å²) in [6.45, 7) is -0.649. The first-order chi connectivity index (χ1) is 14.0. The van der Waals surface area contributed by atoms with Crippen molar-refractivity contribution in [2.75, 3.05) is 11.9 Å². The molecule has 8 nitrogen and oxygen atoms in total. The standard InChI is InChI=1S/C17H16F4N4O4S/c1-25-8-12(30(23)28)15(29-5-4-13(26)17(19,20)21)14(25)16(27)24-10-2-3-11(18)9(6-10)7-22/h2-3,6,8,13,26H,4-5,23H2,1H3,(H,24,27). The third-order valence-electron chi connectivity index (χ3n) is 3.89. The maximum atomic E-state index is 13.4. The number of nitrogens with one attached hydrogen (secondary N) is 1. The van der Waals surface area contributed by atoms with Gasteiger partial charge in [0.25, 0.3) is 5.91 Å². The zero-order valence-corrected chi connectivity index (χ0v) is 16.2. The fraction of sp³-hybridized carbons (Fsp3) is 0.294. The third kappa shape index (κ3) is 5.35. The predicted octanol–water partition coefficient (Wildman–Crippen LogP) is 1.96. The molecule has 1 amide bonds. The lowest BCUT2D eigenvalue weighted by atomic mass is 10.2. The van der Waals surface area contributed by atoms with Crippen LogP contribution in [0.15, 0.2) is 29.3 Å². The number of rotatable bonds is 7. The van der Waals surface area contributed by atoms with E-state index in [4.69, 9.17) is 20.2 Å². The van der Waals surface area contributed by atoms with Crippen molar-refractivity contribution < 1.29 is 36.4 Å². The van der Waals surface area contributed by atoms with Crippen LogP contribution >= 0.6 is 0 Å². The number of halogens is 4. The highest BCUT2D eigenvalue weighted by molar-refractivity contribution is 7.82. The van der Waals surface area contributed by atoms with Crippen LogP contribution in [0.2, 0.25) is 0 Å². The molecule has 30 heavy (non-hydrogen) atoms. The van der Waals surface area contributed by atoms with E-state index < -0.39 is 48.0 Å². The molecule has 0 aliphatic heterocycles. The predicted molar refractivity (Wildman–Crippen MR) is 97.3 cm³/mol. The summed E-state index contributed by atoms with van der Waals surface area (Å²) in [5, 5.41) is 25.7. The summed E-state index contributed by atoms with van der Waals surface area (Å²) in [6, 6.07) is 4.86. The lowest BCUT2D eigenvalue weighted by molar-refractivity contribution is -0.206. The summed E-state index contributed by atoms with van der Waals surface area (Å²) in [5.74, 6) is -1.95. The fourth-order valence-corrected chi connectivity index (χ4v) is 3.04. The summed E-state index contributed by atoms with van der Waals surface area (Å²) in [6.07, 6.45) is -7.12. The van der Waals surface area contributed by atoms with Gasteiger partial charge in [-0.1, -0.05) is 0 Å². The Balaban J connectivity index is 2.29. The van der Waals surface area contributed by atoms with Crippen LogP contribution in [0.3, 0.4) is 0 Å². The van der Waals surface area contributed by atoms with Crippen molar-refractivity contribution in [1.29, 1.82) is 5.26 Å². The number of aryl methyl sites for hydroxylation is 1. The average Bonchev–Trinajstić information content (AvgIpc) is 2.99. The van der Waals surface area contributed by atoms with Crippen LogP contribution in [-0.2, 0) is 18.0 Å². The molecule has 1 aromatic carbocycles. The number of amides is 1. The smallest absolute Gasteiger partial charge is 0.414 e. The Labute approximate surface area is 170 Å². The van der Waals surface area contributed by atoms with Crippen LogP contribution < -0.4 is 15.2 Å². The SMILES string of the molecule is Cn1cc(S(N)=O)c(OCCC(O)C(F)(F)F)c1C(=O)Nc1ccc(F)c(C#N)c1. The van der Waals surface area contributed by atoms with Crippen molar-refractivity contribution in [3.8, 4) is 11.8 Å². The van der Waals surface area contributed by atoms with Crippen LogP contribution in [0.5, 0.6) is 5.75 Å².